The molecule has 0 aliphatic heterocycles. The molecule has 94 valence electrons. The number of hydrogen-bond acceptors (Lipinski definition) is 5. The molecule has 1 aromatic carbocycles. The smallest absolute Gasteiger partial charge is 0.252 e. The van der Waals surface area contributed by atoms with Crippen LogP contribution in [0.2, 0.25) is 0 Å². The van der Waals surface area contributed by atoms with Gasteiger partial charge in [0.1, 0.15) is 0 Å². The number of nitrogens with zero attached hydrogens (tertiary/aromatic N) is 3. The molecule has 7 nitrogen and oxygen atoms in total. The first kappa shape index (κ1) is 12.0. The van der Waals surface area contributed by atoms with Crippen LogP contribution < -0.4 is 11.1 Å². The first-order chi connectivity index (χ1) is 8.58. The third kappa shape index (κ3) is 2.45. The van der Waals surface area contributed by atoms with Crippen molar-refractivity contribution in [2.24, 2.45) is 0 Å². The topological polar surface area (TPSA) is 110 Å². The summed E-state index contributed by atoms with van der Waals surface area (Å²) in [5.74, 6) is 0.251. The lowest BCUT2D eigenvalue weighted by molar-refractivity contribution is 0.0937. The highest BCUT2D eigenvalue weighted by molar-refractivity contribution is 5.96. The van der Waals surface area contributed by atoms with Crippen molar-refractivity contribution in [2.45, 2.75) is 19.9 Å². The summed E-state index contributed by atoms with van der Waals surface area (Å²) < 4.78 is 0. The van der Waals surface area contributed by atoms with Crippen LogP contribution in [0.15, 0.2) is 18.2 Å². The Bertz CT molecular complexity index is 551. The molecule has 1 amide bonds. The number of tetrazole rings is 1. The van der Waals surface area contributed by atoms with Gasteiger partial charge in [0.15, 0.2) is 5.82 Å². The number of aryl methyl sites for hydroxylation is 1. The van der Waals surface area contributed by atoms with Crippen LogP contribution in [0.1, 0.15) is 34.7 Å². The predicted molar refractivity (Wildman–Crippen MR) is 65.7 cm³/mol. The number of nitrogens with one attached hydrogen (secondary N) is 2. The molecule has 4 N–H and O–H groups in total. The van der Waals surface area contributed by atoms with Gasteiger partial charge in [0.25, 0.3) is 5.91 Å². The van der Waals surface area contributed by atoms with Crippen molar-refractivity contribution in [3.05, 3.63) is 35.2 Å². The van der Waals surface area contributed by atoms with Gasteiger partial charge in [-0.3, -0.25) is 4.79 Å². The molecule has 0 aliphatic carbocycles. The maximum absolute atomic E-state index is 12.0. The molecule has 2 aromatic rings. The summed E-state index contributed by atoms with van der Waals surface area (Å²) in [5, 5.41) is 16.2. The Morgan fingerprint density at radius 2 is 2.28 bits per heavy atom. The standard InChI is InChI=1S/C11H14N6O/c1-6-5-8(12)3-4-9(6)11(18)13-7(2)10-14-16-17-15-10/h3-5,7H,12H2,1-2H3,(H,13,18)(H,14,15,16,17). The third-order valence-corrected chi connectivity index (χ3v) is 2.59. The summed E-state index contributed by atoms with van der Waals surface area (Å²) in [5.41, 5.74) is 7.69. The minimum atomic E-state index is -0.312. The van der Waals surface area contributed by atoms with Gasteiger partial charge < -0.3 is 11.1 Å². The first-order valence-corrected chi connectivity index (χ1v) is 5.48. The monoisotopic (exact) mass is 246 g/mol. The Hall–Kier alpha value is -2.44. The highest BCUT2D eigenvalue weighted by Gasteiger charge is 2.15. The van der Waals surface area contributed by atoms with Gasteiger partial charge in [-0.25, -0.2) is 0 Å². The highest BCUT2D eigenvalue weighted by atomic mass is 16.1. The van der Waals surface area contributed by atoms with E-state index in [1.54, 1.807) is 25.1 Å². The van der Waals surface area contributed by atoms with Crippen LogP contribution in [-0.2, 0) is 0 Å². The Labute approximate surface area is 104 Å². The number of carbonyl (C=O) groups excluding carboxylic acids is 1. The lowest BCUT2D eigenvalue weighted by Crippen LogP contribution is -2.28. The largest absolute Gasteiger partial charge is 0.399 e. The molecule has 0 fully saturated rings. The second-order valence-electron chi connectivity index (χ2n) is 4.04. The molecular weight excluding hydrogens is 232 g/mol. The van der Waals surface area contributed by atoms with E-state index >= 15 is 0 Å². The second-order valence-corrected chi connectivity index (χ2v) is 4.04. The Morgan fingerprint density at radius 1 is 1.50 bits per heavy atom. The Morgan fingerprint density at radius 3 is 2.89 bits per heavy atom. The number of anilines is 1. The quantitative estimate of drug-likeness (QED) is 0.686. The van der Waals surface area contributed by atoms with Crippen LogP contribution in [0.3, 0.4) is 0 Å². The van der Waals surface area contributed by atoms with E-state index in [2.05, 4.69) is 25.9 Å². The van der Waals surface area contributed by atoms with Gasteiger partial charge in [0, 0.05) is 11.3 Å². The van der Waals surface area contributed by atoms with Crippen molar-refractivity contribution in [3.63, 3.8) is 0 Å². The van der Waals surface area contributed by atoms with E-state index in [1.807, 2.05) is 6.92 Å². The van der Waals surface area contributed by atoms with Crippen molar-refractivity contribution in [1.82, 2.24) is 25.9 Å². The number of carbonyl (C=O) groups is 1. The number of rotatable bonds is 3. The average molecular weight is 246 g/mol. The zero-order chi connectivity index (χ0) is 13.1. The fourth-order valence-corrected chi connectivity index (χ4v) is 1.63. The predicted octanol–water partition coefficient (Wildman–Crippen LogP) is 0.581. The van der Waals surface area contributed by atoms with Crippen molar-refractivity contribution in [2.75, 3.05) is 5.73 Å². The van der Waals surface area contributed by atoms with Crippen LogP contribution in [0.5, 0.6) is 0 Å². The number of H-pyrrole nitrogens is 1. The number of hydrogen-bond donors (Lipinski definition) is 3. The normalized spacial score (nSPS) is 12.1. The minimum absolute atomic E-state index is 0.190. The van der Waals surface area contributed by atoms with E-state index < -0.39 is 0 Å². The van der Waals surface area contributed by atoms with Crippen LogP contribution in [0.4, 0.5) is 5.69 Å². The van der Waals surface area contributed by atoms with Gasteiger partial charge in [-0.1, -0.05) is 5.21 Å². The number of aromatic nitrogens is 4. The van der Waals surface area contributed by atoms with E-state index in [1.165, 1.54) is 0 Å². The molecule has 1 atom stereocenters. The van der Waals surface area contributed by atoms with Gasteiger partial charge in [-0.15, -0.1) is 10.2 Å². The number of aromatic amines is 1. The van der Waals surface area contributed by atoms with Crippen molar-refractivity contribution in [1.29, 1.82) is 0 Å². The summed E-state index contributed by atoms with van der Waals surface area (Å²) in [6.07, 6.45) is 0. The van der Waals surface area contributed by atoms with Crippen LogP contribution in [0, 0.1) is 6.92 Å². The van der Waals surface area contributed by atoms with Crippen molar-refractivity contribution in [3.8, 4) is 0 Å². The molecule has 0 saturated carbocycles. The molecule has 1 aromatic heterocycles. The summed E-state index contributed by atoms with van der Waals surface area (Å²) in [6.45, 7) is 3.62. The van der Waals surface area contributed by atoms with Crippen LogP contribution in [0.25, 0.3) is 0 Å². The molecule has 0 aliphatic rings. The summed E-state index contributed by atoms with van der Waals surface area (Å²) >= 11 is 0. The molecule has 0 spiro atoms. The number of amides is 1. The van der Waals surface area contributed by atoms with Crippen LogP contribution >= 0.6 is 0 Å². The molecule has 0 radical (unpaired) electrons. The number of nitrogens with two attached hydrogens (primary N) is 1. The zero-order valence-corrected chi connectivity index (χ0v) is 10.1. The zero-order valence-electron chi connectivity index (χ0n) is 10.1. The van der Waals surface area contributed by atoms with Crippen molar-refractivity contribution < 1.29 is 4.79 Å². The first-order valence-electron chi connectivity index (χ1n) is 5.48. The third-order valence-electron chi connectivity index (χ3n) is 2.59. The second kappa shape index (κ2) is 4.82. The molecule has 1 unspecified atom stereocenters. The van der Waals surface area contributed by atoms with Gasteiger partial charge in [0.2, 0.25) is 0 Å². The van der Waals surface area contributed by atoms with E-state index in [0.717, 1.165) is 5.56 Å². The van der Waals surface area contributed by atoms with E-state index in [-0.39, 0.29) is 11.9 Å². The molecule has 2 rings (SSSR count). The SMILES string of the molecule is Cc1cc(N)ccc1C(=O)NC(C)c1nn[nH]n1. The van der Waals surface area contributed by atoms with Gasteiger partial charge >= 0.3 is 0 Å². The molecular formula is C11H14N6O. The van der Waals surface area contributed by atoms with Gasteiger partial charge in [-0.05, 0) is 37.6 Å². The fraction of sp³-hybridized carbons (Fsp3) is 0.273. The van der Waals surface area contributed by atoms with Crippen molar-refractivity contribution >= 4 is 11.6 Å². The summed E-state index contributed by atoms with van der Waals surface area (Å²) in [6, 6.07) is 4.84. The van der Waals surface area contributed by atoms with E-state index in [9.17, 15) is 4.79 Å². The maximum atomic E-state index is 12.0. The number of benzene rings is 1. The van der Waals surface area contributed by atoms with E-state index in [0.29, 0.717) is 17.1 Å². The lowest BCUT2D eigenvalue weighted by Gasteiger charge is -2.11. The Kier molecular flexibility index (Phi) is 3.22. The fourth-order valence-electron chi connectivity index (χ4n) is 1.63. The summed E-state index contributed by atoms with van der Waals surface area (Å²) in [7, 11) is 0. The van der Waals surface area contributed by atoms with Gasteiger partial charge in [-0.2, -0.15) is 5.21 Å². The lowest BCUT2D eigenvalue weighted by atomic mass is 10.1. The highest BCUT2D eigenvalue weighted by Crippen LogP contribution is 2.14. The average Bonchev–Trinajstić information content (AvgIpc) is 2.81. The molecule has 0 bridgehead atoms. The molecule has 18 heavy (non-hydrogen) atoms. The maximum Gasteiger partial charge on any atom is 0.252 e. The van der Waals surface area contributed by atoms with E-state index in [4.69, 9.17) is 5.73 Å². The molecule has 1 heterocycles. The number of nitrogen functional groups attached to an aromatic ring is 1. The van der Waals surface area contributed by atoms with Gasteiger partial charge in [0.05, 0.1) is 6.04 Å². The Balaban J connectivity index is 2.12. The molecule has 0 saturated heterocycles. The minimum Gasteiger partial charge on any atom is -0.399 e. The molecule has 7 heteroatoms. The van der Waals surface area contributed by atoms with Crippen LogP contribution in [-0.4, -0.2) is 26.5 Å². The summed E-state index contributed by atoms with van der Waals surface area (Å²) in [4.78, 5) is 12.0.